The van der Waals surface area contributed by atoms with Crippen LogP contribution in [0.15, 0.2) is 29.2 Å². The lowest BCUT2D eigenvalue weighted by molar-refractivity contribution is 0.291. The maximum Gasteiger partial charge on any atom is 0.0107 e. The molecule has 0 fully saturated rings. The largest absolute Gasteiger partial charge is 0.316 e. The van der Waals surface area contributed by atoms with E-state index in [0.717, 1.165) is 24.9 Å². The number of benzene rings is 1. The first-order valence-corrected chi connectivity index (χ1v) is 8.39. The fourth-order valence-electron chi connectivity index (χ4n) is 2.84. The monoisotopic (exact) mass is 277 g/mol. The first-order chi connectivity index (χ1) is 8.98. The third-order valence-electron chi connectivity index (χ3n) is 3.75. The van der Waals surface area contributed by atoms with Gasteiger partial charge >= 0.3 is 0 Å². The Bertz CT molecular complexity index is 411. The van der Waals surface area contributed by atoms with Crippen molar-refractivity contribution in [1.82, 2.24) is 5.32 Å². The van der Waals surface area contributed by atoms with Gasteiger partial charge in [0.15, 0.2) is 0 Å². The minimum absolute atomic E-state index is 0.373. The van der Waals surface area contributed by atoms with Gasteiger partial charge in [0.2, 0.25) is 0 Å². The Morgan fingerprint density at radius 3 is 2.79 bits per heavy atom. The lowest BCUT2D eigenvalue weighted by Crippen LogP contribution is -2.33. The summed E-state index contributed by atoms with van der Waals surface area (Å²) in [4.78, 5) is 1.50. The second kappa shape index (κ2) is 6.32. The minimum atomic E-state index is 0.373. The van der Waals surface area contributed by atoms with Gasteiger partial charge in [0.1, 0.15) is 0 Å². The van der Waals surface area contributed by atoms with Crippen molar-refractivity contribution < 1.29 is 0 Å². The Morgan fingerprint density at radius 2 is 2.05 bits per heavy atom. The molecule has 2 rings (SSSR count). The van der Waals surface area contributed by atoms with Gasteiger partial charge in [0.25, 0.3) is 0 Å². The molecule has 0 saturated carbocycles. The summed E-state index contributed by atoms with van der Waals surface area (Å²) in [5.74, 6) is 2.73. The fraction of sp³-hybridized carbons (Fsp3) is 0.647. The normalized spacial score (nSPS) is 18.9. The molecule has 19 heavy (non-hydrogen) atoms. The number of nitrogens with one attached hydrogen (secondary N) is 1. The molecular weight excluding hydrogens is 250 g/mol. The van der Waals surface area contributed by atoms with Gasteiger partial charge in [-0.2, -0.15) is 0 Å². The van der Waals surface area contributed by atoms with Crippen LogP contribution in [0.4, 0.5) is 0 Å². The highest BCUT2D eigenvalue weighted by molar-refractivity contribution is 7.99. The summed E-state index contributed by atoms with van der Waals surface area (Å²) in [5, 5.41) is 3.62. The van der Waals surface area contributed by atoms with E-state index >= 15 is 0 Å². The standard InChI is InChI=1S/C17H27NS/c1-13(2)10-18-12-17(3,4)9-14-11-19-16-8-6-5-7-15(14)16/h5-8,13-14,18H,9-12H2,1-4H3. The number of hydrogen-bond acceptors (Lipinski definition) is 2. The predicted molar refractivity (Wildman–Crippen MR) is 86.0 cm³/mol. The van der Waals surface area contributed by atoms with E-state index in [9.17, 15) is 0 Å². The number of hydrogen-bond donors (Lipinski definition) is 1. The third kappa shape index (κ3) is 4.25. The zero-order valence-electron chi connectivity index (χ0n) is 12.7. The summed E-state index contributed by atoms with van der Waals surface area (Å²) in [6, 6.07) is 8.92. The molecule has 1 aliphatic rings. The molecule has 1 heterocycles. The van der Waals surface area contributed by atoms with E-state index in [4.69, 9.17) is 0 Å². The molecule has 0 aliphatic carbocycles. The first kappa shape index (κ1) is 14.9. The van der Waals surface area contributed by atoms with Crippen LogP contribution in [0, 0.1) is 11.3 Å². The summed E-state index contributed by atoms with van der Waals surface area (Å²) in [6.45, 7) is 11.6. The molecule has 0 aromatic heterocycles. The third-order valence-corrected chi connectivity index (χ3v) is 5.01. The predicted octanol–water partition coefficient (Wildman–Crippen LogP) is 4.54. The van der Waals surface area contributed by atoms with E-state index in [1.54, 1.807) is 5.56 Å². The van der Waals surface area contributed by atoms with Crippen molar-refractivity contribution in [1.29, 1.82) is 0 Å². The van der Waals surface area contributed by atoms with Crippen LogP contribution in [0.1, 0.15) is 45.6 Å². The van der Waals surface area contributed by atoms with Gasteiger partial charge in [-0.05, 0) is 41.8 Å². The molecule has 0 saturated heterocycles. The molecule has 1 unspecified atom stereocenters. The summed E-state index contributed by atoms with van der Waals surface area (Å²) in [6.07, 6.45) is 1.28. The Labute approximate surface area is 122 Å². The molecule has 0 radical (unpaired) electrons. The quantitative estimate of drug-likeness (QED) is 0.819. The van der Waals surface area contributed by atoms with Gasteiger partial charge < -0.3 is 5.32 Å². The smallest absolute Gasteiger partial charge is 0.0107 e. The zero-order chi connectivity index (χ0) is 13.9. The number of fused-ring (bicyclic) bond motifs is 1. The molecule has 1 aliphatic heterocycles. The van der Waals surface area contributed by atoms with Crippen LogP contribution in [0.5, 0.6) is 0 Å². The Kier molecular flexibility index (Phi) is 4.97. The molecule has 1 nitrogen and oxygen atoms in total. The molecule has 0 spiro atoms. The van der Waals surface area contributed by atoms with Gasteiger partial charge in [0, 0.05) is 17.2 Å². The summed E-state index contributed by atoms with van der Waals surface area (Å²) in [7, 11) is 0. The van der Waals surface area contributed by atoms with Crippen molar-refractivity contribution in [3.8, 4) is 0 Å². The highest BCUT2D eigenvalue weighted by Crippen LogP contribution is 2.44. The number of thioether (sulfide) groups is 1. The van der Waals surface area contributed by atoms with Crippen LogP contribution in [0.3, 0.4) is 0 Å². The Hall–Kier alpha value is -0.470. The van der Waals surface area contributed by atoms with E-state index in [0.29, 0.717) is 5.41 Å². The lowest BCUT2D eigenvalue weighted by Gasteiger charge is -2.29. The second-order valence-corrected chi connectivity index (χ2v) is 8.00. The second-order valence-electron chi connectivity index (χ2n) is 6.94. The Morgan fingerprint density at radius 1 is 1.32 bits per heavy atom. The van der Waals surface area contributed by atoms with Crippen LogP contribution in [-0.2, 0) is 0 Å². The SMILES string of the molecule is CC(C)CNCC(C)(C)CC1CSc2ccccc21. The van der Waals surface area contributed by atoms with Crippen molar-refractivity contribution >= 4 is 11.8 Å². The van der Waals surface area contributed by atoms with E-state index < -0.39 is 0 Å². The van der Waals surface area contributed by atoms with Crippen molar-refractivity contribution in [2.24, 2.45) is 11.3 Å². The van der Waals surface area contributed by atoms with Crippen LogP contribution in [-0.4, -0.2) is 18.8 Å². The van der Waals surface area contributed by atoms with Crippen LogP contribution >= 0.6 is 11.8 Å². The molecule has 1 atom stereocenters. The Balaban J connectivity index is 1.90. The molecule has 0 amide bonds. The van der Waals surface area contributed by atoms with Crippen molar-refractivity contribution in [3.05, 3.63) is 29.8 Å². The highest BCUT2D eigenvalue weighted by atomic mass is 32.2. The molecule has 1 N–H and O–H groups in total. The summed E-state index contributed by atoms with van der Waals surface area (Å²) in [5.41, 5.74) is 1.95. The van der Waals surface area contributed by atoms with Crippen molar-refractivity contribution in [2.45, 2.75) is 44.9 Å². The summed E-state index contributed by atoms with van der Waals surface area (Å²) >= 11 is 2.02. The summed E-state index contributed by atoms with van der Waals surface area (Å²) < 4.78 is 0. The molecule has 1 aromatic rings. The van der Waals surface area contributed by atoms with Crippen LogP contribution in [0.25, 0.3) is 0 Å². The molecule has 0 bridgehead atoms. The fourth-order valence-corrected chi connectivity index (χ4v) is 4.09. The highest BCUT2D eigenvalue weighted by Gasteiger charge is 2.29. The molecule has 106 valence electrons. The van der Waals surface area contributed by atoms with Gasteiger partial charge in [0.05, 0.1) is 0 Å². The van der Waals surface area contributed by atoms with Gasteiger partial charge in [-0.25, -0.2) is 0 Å². The average Bonchev–Trinajstić information content (AvgIpc) is 2.71. The van der Waals surface area contributed by atoms with E-state index in [1.807, 2.05) is 11.8 Å². The van der Waals surface area contributed by atoms with E-state index in [1.165, 1.54) is 17.1 Å². The van der Waals surface area contributed by atoms with Crippen LogP contribution in [0.2, 0.25) is 0 Å². The van der Waals surface area contributed by atoms with Crippen molar-refractivity contribution in [2.75, 3.05) is 18.8 Å². The minimum Gasteiger partial charge on any atom is -0.316 e. The van der Waals surface area contributed by atoms with Crippen molar-refractivity contribution in [3.63, 3.8) is 0 Å². The van der Waals surface area contributed by atoms with Gasteiger partial charge in [-0.1, -0.05) is 45.9 Å². The average molecular weight is 277 g/mol. The first-order valence-electron chi connectivity index (χ1n) is 7.40. The zero-order valence-corrected chi connectivity index (χ0v) is 13.5. The molecular formula is C17H27NS. The van der Waals surface area contributed by atoms with Gasteiger partial charge in [-0.3, -0.25) is 0 Å². The van der Waals surface area contributed by atoms with Gasteiger partial charge in [-0.15, -0.1) is 11.8 Å². The number of rotatable bonds is 6. The lowest BCUT2D eigenvalue weighted by atomic mass is 9.80. The van der Waals surface area contributed by atoms with Crippen LogP contribution < -0.4 is 5.32 Å². The topological polar surface area (TPSA) is 12.0 Å². The maximum atomic E-state index is 3.62. The molecule has 1 aromatic carbocycles. The molecule has 2 heteroatoms. The maximum absolute atomic E-state index is 3.62. The van der Waals surface area contributed by atoms with E-state index in [2.05, 4.69) is 57.3 Å². The van der Waals surface area contributed by atoms with E-state index in [-0.39, 0.29) is 0 Å².